The SMILES string of the molecule is Cn1c(CN2CCC(O)CC2)nnc1[C@@H]1CCCN(CCC(=O)O)C1. The molecule has 3 heterocycles. The first kappa shape index (κ1) is 18.3. The van der Waals surface area contributed by atoms with E-state index in [0.29, 0.717) is 12.5 Å². The predicted molar refractivity (Wildman–Crippen MR) is 92.2 cm³/mol. The number of hydrogen-bond acceptors (Lipinski definition) is 6. The van der Waals surface area contributed by atoms with Gasteiger partial charge in [0.1, 0.15) is 11.6 Å². The van der Waals surface area contributed by atoms with Crippen molar-refractivity contribution in [1.82, 2.24) is 24.6 Å². The van der Waals surface area contributed by atoms with Gasteiger partial charge in [0, 0.05) is 39.1 Å². The number of nitrogens with zero attached hydrogens (tertiary/aromatic N) is 5. The number of hydrogen-bond donors (Lipinski definition) is 2. The summed E-state index contributed by atoms with van der Waals surface area (Å²) in [5.41, 5.74) is 0. The third kappa shape index (κ3) is 4.77. The summed E-state index contributed by atoms with van der Waals surface area (Å²) in [4.78, 5) is 15.3. The van der Waals surface area contributed by atoms with Crippen molar-refractivity contribution >= 4 is 5.97 Å². The van der Waals surface area contributed by atoms with Gasteiger partial charge in [-0.1, -0.05) is 0 Å². The van der Waals surface area contributed by atoms with Crippen molar-refractivity contribution in [3.63, 3.8) is 0 Å². The quantitative estimate of drug-likeness (QED) is 0.767. The first-order chi connectivity index (χ1) is 12.0. The number of aliphatic hydroxyl groups excluding tert-OH is 1. The molecule has 0 saturated carbocycles. The Morgan fingerprint density at radius 3 is 2.64 bits per heavy atom. The molecule has 0 radical (unpaired) electrons. The fourth-order valence-corrected chi connectivity index (χ4v) is 3.87. The molecule has 3 rings (SSSR count). The van der Waals surface area contributed by atoms with Crippen LogP contribution in [0.4, 0.5) is 0 Å². The van der Waals surface area contributed by atoms with Crippen molar-refractivity contribution < 1.29 is 15.0 Å². The molecule has 0 spiro atoms. The molecule has 2 aliphatic rings. The van der Waals surface area contributed by atoms with Crippen molar-refractivity contribution in [2.45, 2.75) is 50.7 Å². The van der Waals surface area contributed by atoms with Gasteiger partial charge in [-0.3, -0.25) is 9.69 Å². The van der Waals surface area contributed by atoms with Crippen LogP contribution in [-0.2, 0) is 18.4 Å². The number of rotatable bonds is 6. The van der Waals surface area contributed by atoms with Gasteiger partial charge in [0.2, 0.25) is 0 Å². The van der Waals surface area contributed by atoms with Gasteiger partial charge in [-0.05, 0) is 32.2 Å². The van der Waals surface area contributed by atoms with Crippen LogP contribution in [-0.4, -0.2) is 79.6 Å². The average molecular weight is 351 g/mol. The molecular weight excluding hydrogens is 322 g/mol. The monoisotopic (exact) mass is 351 g/mol. The average Bonchev–Trinajstić information content (AvgIpc) is 2.96. The second-order valence-corrected chi connectivity index (χ2v) is 7.32. The predicted octanol–water partition coefficient (Wildman–Crippen LogP) is 0.426. The molecule has 140 valence electrons. The molecule has 1 aromatic heterocycles. The maximum Gasteiger partial charge on any atom is 0.304 e. The van der Waals surface area contributed by atoms with E-state index >= 15 is 0 Å². The van der Waals surface area contributed by atoms with Crippen LogP contribution in [0.25, 0.3) is 0 Å². The van der Waals surface area contributed by atoms with E-state index < -0.39 is 5.97 Å². The molecule has 0 aliphatic carbocycles. The van der Waals surface area contributed by atoms with Crippen molar-refractivity contribution in [2.75, 3.05) is 32.7 Å². The van der Waals surface area contributed by atoms with Crippen LogP contribution in [0.15, 0.2) is 0 Å². The number of likely N-dealkylation sites (tertiary alicyclic amines) is 2. The normalized spacial score (nSPS) is 23.8. The molecule has 1 aromatic rings. The summed E-state index contributed by atoms with van der Waals surface area (Å²) < 4.78 is 2.11. The van der Waals surface area contributed by atoms with Crippen LogP contribution < -0.4 is 0 Å². The van der Waals surface area contributed by atoms with E-state index in [-0.39, 0.29) is 12.5 Å². The fourth-order valence-electron chi connectivity index (χ4n) is 3.87. The van der Waals surface area contributed by atoms with Crippen molar-refractivity contribution in [3.05, 3.63) is 11.6 Å². The Morgan fingerprint density at radius 2 is 1.92 bits per heavy atom. The largest absolute Gasteiger partial charge is 0.481 e. The molecule has 0 aromatic carbocycles. The lowest BCUT2D eigenvalue weighted by Gasteiger charge is -2.32. The fraction of sp³-hybridized carbons (Fsp3) is 0.824. The molecule has 1 atom stereocenters. The first-order valence-corrected chi connectivity index (χ1v) is 9.25. The van der Waals surface area contributed by atoms with Crippen molar-refractivity contribution in [3.8, 4) is 0 Å². The summed E-state index contributed by atoms with van der Waals surface area (Å²) in [5, 5.41) is 27.3. The second kappa shape index (κ2) is 8.25. The third-order valence-electron chi connectivity index (χ3n) is 5.43. The topological polar surface area (TPSA) is 94.7 Å². The lowest BCUT2D eigenvalue weighted by Crippen LogP contribution is -2.37. The summed E-state index contributed by atoms with van der Waals surface area (Å²) in [7, 11) is 2.03. The molecule has 2 N–H and O–H groups in total. The zero-order valence-electron chi connectivity index (χ0n) is 15.0. The van der Waals surface area contributed by atoms with Gasteiger partial charge in [0.05, 0.1) is 19.1 Å². The van der Waals surface area contributed by atoms with E-state index in [2.05, 4.69) is 24.6 Å². The Morgan fingerprint density at radius 1 is 1.16 bits per heavy atom. The summed E-state index contributed by atoms with van der Waals surface area (Å²) in [6, 6.07) is 0. The van der Waals surface area contributed by atoms with Crippen LogP contribution in [0, 0.1) is 0 Å². The number of piperidine rings is 2. The van der Waals surface area contributed by atoms with E-state index in [1.54, 1.807) is 0 Å². The van der Waals surface area contributed by atoms with Crippen molar-refractivity contribution in [2.24, 2.45) is 7.05 Å². The molecule has 2 fully saturated rings. The minimum Gasteiger partial charge on any atom is -0.481 e. The molecule has 2 aliphatic heterocycles. The Labute approximate surface area is 148 Å². The van der Waals surface area contributed by atoms with Gasteiger partial charge in [-0.15, -0.1) is 10.2 Å². The van der Waals surface area contributed by atoms with Crippen molar-refractivity contribution in [1.29, 1.82) is 0 Å². The number of carboxylic acids is 1. The first-order valence-electron chi connectivity index (χ1n) is 9.25. The van der Waals surface area contributed by atoms with E-state index in [1.165, 1.54) is 0 Å². The number of aliphatic carboxylic acids is 1. The summed E-state index contributed by atoms with van der Waals surface area (Å²) in [6.45, 7) is 4.99. The van der Waals surface area contributed by atoms with Crippen LogP contribution in [0.3, 0.4) is 0 Å². The minimum absolute atomic E-state index is 0.162. The smallest absolute Gasteiger partial charge is 0.304 e. The molecule has 8 heteroatoms. The molecular formula is C17H29N5O3. The van der Waals surface area contributed by atoms with Gasteiger partial charge in [-0.2, -0.15) is 0 Å². The minimum atomic E-state index is -0.741. The van der Waals surface area contributed by atoms with E-state index in [9.17, 15) is 9.90 Å². The lowest BCUT2D eigenvalue weighted by atomic mass is 9.97. The van der Waals surface area contributed by atoms with E-state index in [0.717, 1.165) is 70.1 Å². The highest BCUT2D eigenvalue weighted by atomic mass is 16.4. The number of carboxylic acid groups (broad SMARTS) is 1. The van der Waals surface area contributed by atoms with Gasteiger partial charge >= 0.3 is 5.97 Å². The zero-order valence-corrected chi connectivity index (χ0v) is 15.0. The van der Waals surface area contributed by atoms with Gasteiger partial charge in [0.25, 0.3) is 0 Å². The van der Waals surface area contributed by atoms with Crippen LogP contribution in [0.1, 0.15) is 49.7 Å². The van der Waals surface area contributed by atoms with Gasteiger partial charge in [-0.25, -0.2) is 0 Å². The lowest BCUT2D eigenvalue weighted by molar-refractivity contribution is -0.137. The Balaban J connectivity index is 1.59. The number of carbonyl (C=O) groups is 1. The van der Waals surface area contributed by atoms with E-state index in [1.807, 2.05) is 7.05 Å². The Kier molecular flexibility index (Phi) is 6.03. The zero-order chi connectivity index (χ0) is 17.8. The molecule has 0 unspecified atom stereocenters. The summed E-state index contributed by atoms with van der Waals surface area (Å²) >= 11 is 0. The number of aromatic nitrogens is 3. The second-order valence-electron chi connectivity index (χ2n) is 7.32. The molecule has 2 saturated heterocycles. The third-order valence-corrected chi connectivity index (χ3v) is 5.43. The molecule has 8 nitrogen and oxygen atoms in total. The van der Waals surface area contributed by atoms with Gasteiger partial charge in [0.15, 0.2) is 0 Å². The highest BCUT2D eigenvalue weighted by Gasteiger charge is 2.27. The maximum atomic E-state index is 10.8. The number of aliphatic hydroxyl groups is 1. The summed E-state index contributed by atoms with van der Waals surface area (Å²) in [5.74, 6) is 1.55. The van der Waals surface area contributed by atoms with Gasteiger partial charge < -0.3 is 19.7 Å². The van der Waals surface area contributed by atoms with Crippen LogP contribution in [0.2, 0.25) is 0 Å². The molecule has 25 heavy (non-hydrogen) atoms. The Bertz CT molecular complexity index is 583. The highest BCUT2D eigenvalue weighted by molar-refractivity contribution is 5.66. The Hall–Kier alpha value is -1.51. The summed E-state index contributed by atoms with van der Waals surface area (Å²) in [6.07, 6.45) is 3.82. The molecule has 0 amide bonds. The van der Waals surface area contributed by atoms with E-state index in [4.69, 9.17) is 5.11 Å². The molecule has 0 bridgehead atoms. The maximum absolute atomic E-state index is 10.8. The van der Waals surface area contributed by atoms with Crippen LogP contribution in [0.5, 0.6) is 0 Å². The standard InChI is InChI=1S/C17H29N5O3/c1-20-15(12-22-8-4-14(23)5-9-22)18-19-17(20)13-3-2-7-21(11-13)10-6-16(24)25/h13-14,23H,2-12H2,1H3,(H,24,25)/t13-/m1/s1. The van der Waals surface area contributed by atoms with Crippen LogP contribution >= 0.6 is 0 Å². The highest BCUT2D eigenvalue weighted by Crippen LogP contribution is 2.26.